The zero-order chi connectivity index (χ0) is 12.0. The second kappa shape index (κ2) is 4.78. The predicted octanol–water partition coefficient (Wildman–Crippen LogP) is 3.69. The molecule has 1 N–H and O–H groups in total. The van der Waals surface area contributed by atoms with E-state index in [9.17, 15) is 8.78 Å². The van der Waals surface area contributed by atoms with Gasteiger partial charge in [0.25, 0.3) is 6.43 Å². The maximum atomic E-state index is 13.0. The second-order valence-electron chi connectivity index (χ2n) is 5.55. The molecule has 1 aliphatic carbocycles. The Morgan fingerprint density at radius 3 is 2.89 bits per heavy atom. The molecule has 0 aromatic heterocycles. The molecule has 3 rings (SSSR count). The third kappa shape index (κ3) is 1.94. The van der Waals surface area contributed by atoms with Crippen molar-refractivity contribution in [3.05, 3.63) is 34.9 Å². The molecule has 0 unspecified atom stereocenters. The first kappa shape index (κ1) is 13.8. The number of rotatable bonds is 1. The number of nitrogens with one attached hydrogen (secondary N) is 1. The molecule has 4 heteroatoms. The minimum absolute atomic E-state index is 0. The van der Waals surface area contributed by atoms with Gasteiger partial charge < -0.3 is 5.32 Å². The Kier molecular flexibility index (Phi) is 3.65. The fourth-order valence-corrected chi connectivity index (χ4v) is 3.47. The molecule has 0 saturated carbocycles. The second-order valence-corrected chi connectivity index (χ2v) is 5.55. The highest BCUT2D eigenvalue weighted by Crippen LogP contribution is 2.48. The van der Waals surface area contributed by atoms with Crippen LogP contribution in [0.4, 0.5) is 8.78 Å². The average Bonchev–Trinajstić information content (AvgIpc) is 2.70. The van der Waals surface area contributed by atoms with E-state index in [1.165, 1.54) is 0 Å². The molecule has 2 aliphatic rings. The molecule has 1 aliphatic heterocycles. The Balaban J connectivity index is 0.00000120. The van der Waals surface area contributed by atoms with Crippen LogP contribution in [0.1, 0.15) is 42.4 Å². The van der Waals surface area contributed by atoms with Crippen molar-refractivity contribution < 1.29 is 8.78 Å². The topological polar surface area (TPSA) is 12.0 Å². The van der Waals surface area contributed by atoms with Crippen molar-refractivity contribution in [2.45, 2.75) is 32.1 Å². The lowest BCUT2D eigenvalue weighted by molar-refractivity contribution is 0.148. The summed E-state index contributed by atoms with van der Waals surface area (Å²) in [4.78, 5) is 0. The van der Waals surface area contributed by atoms with E-state index in [0.29, 0.717) is 5.92 Å². The van der Waals surface area contributed by atoms with Crippen LogP contribution in [0.3, 0.4) is 0 Å². The molecule has 0 radical (unpaired) electrons. The van der Waals surface area contributed by atoms with Gasteiger partial charge in [-0.15, -0.1) is 12.4 Å². The molecule has 1 saturated heterocycles. The van der Waals surface area contributed by atoms with Crippen LogP contribution >= 0.6 is 12.4 Å². The molecule has 0 amide bonds. The maximum Gasteiger partial charge on any atom is 0.264 e. The third-order valence-corrected chi connectivity index (χ3v) is 4.52. The highest BCUT2D eigenvalue weighted by Gasteiger charge is 2.43. The number of alkyl halides is 2. The first-order chi connectivity index (χ1) is 8.12. The van der Waals surface area contributed by atoms with Crippen LogP contribution in [-0.4, -0.2) is 13.1 Å². The van der Waals surface area contributed by atoms with Gasteiger partial charge in [-0.05, 0) is 29.4 Å². The van der Waals surface area contributed by atoms with Gasteiger partial charge in [0.1, 0.15) is 0 Å². The lowest BCUT2D eigenvalue weighted by atomic mass is 9.66. The molecular weight excluding hydrogens is 256 g/mol. The number of fused-ring (bicyclic) bond motifs is 3. The van der Waals surface area contributed by atoms with Crippen molar-refractivity contribution in [3.63, 3.8) is 0 Å². The monoisotopic (exact) mass is 273 g/mol. The number of hydrogen-bond acceptors (Lipinski definition) is 1. The summed E-state index contributed by atoms with van der Waals surface area (Å²) >= 11 is 0. The van der Waals surface area contributed by atoms with Gasteiger partial charge in [-0.3, -0.25) is 0 Å². The normalized spacial score (nSPS) is 29.7. The van der Waals surface area contributed by atoms with Crippen LogP contribution in [0, 0.1) is 5.41 Å². The molecular formula is C14H18ClF2N. The van der Waals surface area contributed by atoms with E-state index in [1.54, 1.807) is 12.1 Å². The Bertz CT molecular complexity index is 449. The van der Waals surface area contributed by atoms with Crippen LogP contribution in [0.25, 0.3) is 0 Å². The van der Waals surface area contributed by atoms with Crippen molar-refractivity contribution in [2.24, 2.45) is 5.41 Å². The van der Waals surface area contributed by atoms with Gasteiger partial charge in [-0.1, -0.05) is 25.1 Å². The van der Waals surface area contributed by atoms with Gasteiger partial charge in [-0.25, -0.2) is 8.78 Å². The summed E-state index contributed by atoms with van der Waals surface area (Å²) in [5, 5.41) is 3.41. The van der Waals surface area contributed by atoms with Crippen molar-refractivity contribution >= 4 is 12.4 Å². The van der Waals surface area contributed by atoms with Crippen molar-refractivity contribution in [1.29, 1.82) is 0 Å². The number of benzene rings is 1. The predicted molar refractivity (Wildman–Crippen MR) is 70.7 cm³/mol. The Morgan fingerprint density at radius 1 is 1.39 bits per heavy atom. The highest BCUT2D eigenvalue weighted by molar-refractivity contribution is 5.85. The molecule has 1 heterocycles. The summed E-state index contributed by atoms with van der Waals surface area (Å²) in [5.74, 6) is 0.407. The van der Waals surface area contributed by atoms with Gasteiger partial charge in [0.15, 0.2) is 0 Å². The van der Waals surface area contributed by atoms with Crippen LogP contribution < -0.4 is 5.32 Å². The van der Waals surface area contributed by atoms with Crippen LogP contribution in [-0.2, 0) is 6.42 Å². The van der Waals surface area contributed by atoms with Gasteiger partial charge in [0.2, 0.25) is 0 Å². The number of hydrogen-bond donors (Lipinski definition) is 1. The van der Waals surface area contributed by atoms with E-state index in [2.05, 4.69) is 12.2 Å². The summed E-state index contributed by atoms with van der Waals surface area (Å²) in [6, 6.07) is 5.40. The standard InChI is InChI=1S/C14H17F2N.ClH/c1-14-6-5-9-10(12(14)7-17-8-14)3-2-4-11(9)13(15)16;/h2-4,12-13,17H,5-8H2,1H3;1H/t12-,14+;/m1./s1. The maximum absolute atomic E-state index is 13.0. The SMILES string of the molecule is C[C@@]12CCc3c(C(F)F)cccc3[C@H]1CNC2.Cl. The van der Waals surface area contributed by atoms with Gasteiger partial charge in [-0.2, -0.15) is 0 Å². The van der Waals surface area contributed by atoms with Crippen molar-refractivity contribution in [1.82, 2.24) is 5.32 Å². The van der Waals surface area contributed by atoms with Crippen molar-refractivity contribution in [3.8, 4) is 0 Å². The third-order valence-electron chi connectivity index (χ3n) is 4.52. The largest absolute Gasteiger partial charge is 0.316 e. The molecule has 18 heavy (non-hydrogen) atoms. The molecule has 1 fully saturated rings. The van der Waals surface area contributed by atoms with Gasteiger partial charge in [0.05, 0.1) is 0 Å². The van der Waals surface area contributed by atoms with Crippen LogP contribution in [0.2, 0.25) is 0 Å². The molecule has 1 aromatic rings. The zero-order valence-electron chi connectivity index (χ0n) is 10.4. The zero-order valence-corrected chi connectivity index (χ0v) is 11.2. The molecule has 2 atom stereocenters. The fourth-order valence-electron chi connectivity index (χ4n) is 3.47. The fraction of sp³-hybridized carbons (Fsp3) is 0.571. The van der Waals surface area contributed by atoms with E-state index >= 15 is 0 Å². The lowest BCUT2D eigenvalue weighted by Crippen LogP contribution is -2.30. The molecule has 0 spiro atoms. The minimum atomic E-state index is -2.34. The van der Waals surface area contributed by atoms with Gasteiger partial charge >= 0.3 is 0 Å². The molecule has 0 bridgehead atoms. The summed E-state index contributed by atoms with van der Waals surface area (Å²) in [5.41, 5.74) is 2.57. The summed E-state index contributed by atoms with van der Waals surface area (Å²) in [6.45, 7) is 4.21. The van der Waals surface area contributed by atoms with Crippen molar-refractivity contribution in [2.75, 3.05) is 13.1 Å². The van der Waals surface area contributed by atoms with Crippen LogP contribution in [0.15, 0.2) is 18.2 Å². The molecule has 100 valence electrons. The first-order valence-corrected chi connectivity index (χ1v) is 6.22. The van der Waals surface area contributed by atoms with E-state index in [1.807, 2.05) is 6.07 Å². The highest BCUT2D eigenvalue weighted by atomic mass is 35.5. The van der Waals surface area contributed by atoms with E-state index < -0.39 is 6.43 Å². The summed E-state index contributed by atoms with van der Waals surface area (Å²) < 4.78 is 26.0. The summed E-state index contributed by atoms with van der Waals surface area (Å²) in [7, 11) is 0. The van der Waals surface area contributed by atoms with Crippen LogP contribution in [0.5, 0.6) is 0 Å². The Hall–Kier alpha value is -0.670. The average molecular weight is 274 g/mol. The quantitative estimate of drug-likeness (QED) is 0.823. The van der Waals surface area contributed by atoms with E-state index in [4.69, 9.17) is 0 Å². The lowest BCUT2D eigenvalue weighted by Gasteiger charge is -2.37. The number of halogens is 3. The Labute approximate surface area is 112 Å². The smallest absolute Gasteiger partial charge is 0.264 e. The molecule has 1 nitrogen and oxygen atoms in total. The Morgan fingerprint density at radius 2 is 2.17 bits per heavy atom. The minimum Gasteiger partial charge on any atom is -0.316 e. The van der Waals surface area contributed by atoms with E-state index in [0.717, 1.165) is 37.1 Å². The molecule has 1 aromatic carbocycles. The summed E-state index contributed by atoms with van der Waals surface area (Å²) in [6.07, 6.45) is -0.532. The van der Waals surface area contributed by atoms with E-state index in [-0.39, 0.29) is 23.4 Å². The first-order valence-electron chi connectivity index (χ1n) is 6.22. The van der Waals surface area contributed by atoms with Gasteiger partial charge in [0, 0.05) is 24.6 Å².